The van der Waals surface area contributed by atoms with Crippen molar-refractivity contribution < 1.29 is 56.3 Å². The normalized spacial score (nSPS) is 18.1. The molecule has 0 saturated carbocycles. The largest absolute Gasteiger partial charge is 0.442 e. The lowest BCUT2D eigenvalue weighted by Gasteiger charge is -2.15. The fourth-order valence-electron chi connectivity index (χ4n) is 3.84. The van der Waals surface area contributed by atoms with E-state index in [9.17, 15) is 56.3 Å². The molecule has 6 rings (SSSR count). The van der Waals surface area contributed by atoms with Crippen LogP contribution in [0.3, 0.4) is 0 Å². The van der Waals surface area contributed by atoms with E-state index in [2.05, 4.69) is 30.7 Å². The average molecular weight is 751 g/mol. The van der Waals surface area contributed by atoms with Gasteiger partial charge in [-0.15, -0.1) is 30.7 Å². The van der Waals surface area contributed by atoms with Crippen LogP contribution < -0.4 is 10.9 Å². The van der Waals surface area contributed by atoms with Gasteiger partial charge in [-0.25, -0.2) is 22.0 Å². The second kappa shape index (κ2) is 11.7. The lowest BCUT2D eigenvalue weighted by Crippen LogP contribution is -2.30. The van der Waals surface area contributed by atoms with Crippen LogP contribution in [0.5, 0.6) is 0 Å². The van der Waals surface area contributed by atoms with Crippen LogP contribution in [0.4, 0.5) is 45.2 Å². The summed E-state index contributed by atoms with van der Waals surface area (Å²) >= 11 is 0. The minimum atomic E-state index is -4.69. The highest BCUT2D eigenvalue weighted by atomic mass is 35.7. The molecule has 0 radical (unpaired) electrons. The Hall–Kier alpha value is -4.22. The monoisotopic (exact) mass is 750 g/mol. The molecule has 3 aliphatic heterocycles. The number of halogens is 10. The van der Waals surface area contributed by atoms with E-state index >= 15 is 0 Å². The van der Waals surface area contributed by atoms with Crippen LogP contribution in [0.25, 0.3) is 0 Å². The molecule has 0 unspecified atom stereocenters. The van der Waals surface area contributed by atoms with Crippen LogP contribution in [0.1, 0.15) is 16.7 Å². The van der Waals surface area contributed by atoms with E-state index in [-0.39, 0.29) is 22.4 Å². The number of benzene rings is 3. The van der Waals surface area contributed by atoms with E-state index in [0.29, 0.717) is 0 Å². The highest BCUT2D eigenvalue weighted by molar-refractivity contribution is 8.13. The summed E-state index contributed by atoms with van der Waals surface area (Å²) in [5, 5.41) is 22.8. The Bertz CT molecular complexity index is 1930. The Balaban J connectivity index is 0.000000163. The van der Waals surface area contributed by atoms with Gasteiger partial charge in [0.05, 0.1) is 9.79 Å². The van der Waals surface area contributed by atoms with Crippen LogP contribution in [-0.4, -0.2) is 35.4 Å². The SMILES string of the molecule is NS(=O)(=O)c1cccc(C2(C(F)(F)F)N=N2)c1.Nc1cccc(C2(C(F)(F)F)N=N2)c1.O=S(=O)(Cl)c1cccc(C2(C(F)(F)F)N=N2)c1. The minimum absolute atomic E-state index is 0.0370. The van der Waals surface area contributed by atoms with Gasteiger partial charge in [0, 0.05) is 33.1 Å². The number of alkyl halides is 9. The van der Waals surface area contributed by atoms with Gasteiger partial charge in [-0.1, -0.05) is 36.4 Å². The first-order chi connectivity index (χ1) is 21.8. The summed E-state index contributed by atoms with van der Waals surface area (Å²) in [7, 11) is -3.09. The number of anilines is 1. The van der Waals surface area contributed by atoms with Crippen LogP contribution in [0.15, 0.2) is 113 Å². The molecule has 4 N–H and O–H groups in total. The van der Waals surface area contributed by atoms with Crippen molar-refractivity contribution in [3.05, 3.63) is 89.5 Å². The first kappa shape index (κ1) is 36.6. The molecule has 0 bridgehead atoms. The topological polar surface area (TPSA) is 194 Å². The lowest BCUT2D eigenvalue weighted by atomic mass is 10.0. The maximum Gasteiger partial charge on any atom is 0.442 e. The molecule has 0 aliphatic carbocycles. The number of hydrogen-bond donors (Lipinski definition) is 2. The van der Waals surface area contributed by atoms with E-state index in [4.69, 9.17) is 21.6 Å². The molecule has 3 aromatic rings. The Morgan fingerprint density at radius 2 is 0.854 bits per heavy atom. The second-order valence-corrected chi connectivity index (χ2v) is 13.9. The number of nitrogens with two attached hydrogens (primary N) is 2. The van der Waals surface area contributed by atoms with Gasteiger partial charge >= 0.3 is 35.5 Å². The Morgan fingerprint density at radius 3 is 1.15 bits per heavy atom. The van der Waals surface area contributed by atoms with Crippen LogP contribution in [0, 0.1) is 0 Å². The van der Waals surface area contributed by atoms with Gasteiger partial charge in [0.2, 0.25) is 10.0 Å². The first-order valence-corrected chi connectivity index (χ1v) is 16.2. The van der Waals surface area contributed by atoms with Crippen molar-refractivity contribution in [1.82, 2.24) is 0 Å². The third kappa shape index (κ3) is 7.27. The zero-order valence-electron chi connectivity index (χ0n) is 23.0. The van der Waals surface area contributed by atoms with Crippen molar-refractivity contribution in [2.75, 3.05) is 5.73 Å². The molecular weight excluding hydrogens is 735 g/mol. The molecule has 48 heavy (non-hydrogen) atoms. The van der Waals surface area contributed by atoms with Gasteiger partial charge in [0.1, 0.15) is 0 Å². The van der Waals surface area contributed by atoms with Crippen molar-refractivity contribution in [3.63, 3.8) is 0 Å². The Labute approximate surface area is 267 Å². The summed E-state index contributed by atoms with van der Waals surface area (Å²) in [4.78, 5) is -0.825. The van der Waals surface area contributed by atoms with Gasteiger partial charge in [0.25, 0.3) is 9.05 Å². The maximum absolute atomic E-state index is 12.6. The summed E-state index contributed by atoms with van der Waals surface area (Å²) in [6.45, 7) is 0. The predicted molar refractivity (Wildman–Crippen MR) is 146 cm³/mol. The van der Waals surface area contributed by atoms with Crippen LogP contribution in [-0.2, 0) is 36.1 Å². The molecule has 3 aliphatic rings. The third-order valence-electron chi connectivity index (χ3n) is 6.46. The van der Waals surface area contributed by atoms with Crippen LogP contribution >= 0.6 is 10.7 Å². The first-order valence-electron chi connectivity index (χ1n) is 12.4. The molecule has 258 valence electrons. The molecule has 0 aromatic heterocycles. The van der Waals surface area contributed by atoms with Crippen molar-refractivity contribution in [1.29, 1.82) is 0 Å². The third-order valence-corrected chi connectivity index (χ3v) is 8.72. The zero-order valence-corrected chi connectivity index (χ0v) is 25.4. The van der Waals surface area contributed by atoms with Crippen molar-refractivity contribution >= 4 is 35.4 Å². The van der Waals surface area contributed by atoms with Crippen LogP contribution in [0.2, 0.25) is 0 Å². The summed E-state index contributed by atoms with van der Waals surface area (Å²) in [5.41, 5.74) is -2.75. The number of primary sulfonamides is 1. The Kier molecular flexibility index (Phi) is 8.95. The van der Waals surface area contributed by atoms with Crippen molar-refractivity contribution in [2.45, 2.75) is 45.3 Å². The van der Waals surface area contributed by atoms with Gasteiger partial charge in [0.15, 0.2) is 0 Å². The standard InChI is InChI=1S/C8H4ClF3N2O2S.C8H6F3N3O2S.C8H6F3N3/c9-17(15,16)6-3-1-2-5(4-6)7(13-14-7)8(10,11)12;9-8(10,11)7(13-14-7)5-2-1-3-6(4-5)17(12,15)16;9-8(10,11)7(13-14-7)5-2-1-3-6(12)4-5/h1-4H;1-4H,(H2,12,15,16);1-4H,12H2. The fraction of sp³-hybridized carbons (Fsp3) is 0.250. The zero-order chi connectivity index (χ0) is 36.2. The number of hydrogen-bond acceptors (Lipinski definition) is 11. The summed E-state index contributed by atoms with van der Waals surface area (Å²) < 4.78 is 157. The molecule has 3 aromatic carbocycles. The summed E-state index contributed by atoms with van der Waals surface area (Å²) in [6.07, 6.45) is -13.9. The molecule has 0 atom stereocenters. The molecular formula is C24H16ClF9N8O4S2. The molecule has 24 heteroatoms. The van der Waals surface area contributed by atoms with Gasteiger partial charge in [-0.05, 0) is 36.4 Å². The van der Waals surface area contributed by atoms with Crippen molar-refractivity contribution in [3.8, 4) is 0 Å². The lowest BCUT2D eigenvalue weighted by molar-refractivity contribution is -0.166. The Morgan fingerprint density at radius 1 is 0.542 bits per heavy atom. The number of nitrogens with zero attached hydrogens (tertiary/aromatic N) is 6. The van der Waals surface area contributed by atoms with E-state index in [1.807, 2.05) is 0 Å². The fourth-order valence-corrected chi connectivity index (χ4v) is 5.19. The van der Waals surface area contributed by atoms with Gasteiger partial charge in [-0.3, -0.25) is 0 Å². The smallest absolute Gasteiger partial charge is 0.399 e. The molecule has 0 saturated heterocycles. The quantitative estimate of drug-likeness (QED) is 0.165. The molecule has 0 amide bonds. The van der Waals surface area contributed by atoms with E-state index in [1.54, 1.807) is 0 Å². The van der Waals surface area contributed by atoms with E-state index in [0.717, 1.165) is 48.5 Å². The summed E-state index contributed by atoms with van der Waals surface area (Å²) in [5.74, 6) is 0. The molecule has 12 nitrogen and oxygen atoms in total. The van der Waals surface area contributed by atoms with Crippen molar-refractivity contribution in [2.24, 2.45) is 35.8 Å². The molecule has 3 heterocycles. The molecule has 0 fully saturated rings. The highest BCUT2D eigenvalue weighted by Gasteiger charge is 2.66. The number of rotatable bonds is 5. The predicted octanol–water partition coefficient (Wildman–Crippen LogP) is 6.76. The van der Waals surface area contributed by atoms with E-state index in [1.165, 1.54) is 24.3 Å². The van der Waals surface area contributed by atoms with Gasteiger partial charge in [-0.2, -0.15) is 39.5 Å². The average Bonchev–Trinajstić information content (AvgIpc) is 3.82. The molecule has 0 spiro atoms. The van der Waals surface area contributed by atoms with Gasteiger partial charge < -0.3 is 5.73 Å². The highest BCUT2D eigenvalue weighted by Crippen LogP contribution is 2.54. The second-order valence-electron chi connectivity index (χ2n) is 9.77. The summed E-state index contributed by atoms with van der Waals surface area (Å²) in [6, 6.07) is 13.8. The number of sulfonamides is 1. The van der Waals surface area contributed by atoms with E-state index < -0.39 is 64.4 Å². The number of nitrogen functional groups attached to an aromatic ring is 1. The minimum Gasteiger partial charge on any atom is -0.399 e. The maximum atomic E-state index is 12.6.